The molecule has 0 amide bonds. The van der Waals surface area contributed by atoms with E-state index in [9.17, 15) is 13.2 Å². The first kappa shape index (κ1) is 16.3. The average molecular weight is 406 g/mol. The maximum atomic E-state index is 12.8. The molecule has 0 fully saturated rings. The number of hydrazine groups is 1. The number of nitrogens with two attached hydrogens (primary N) is 1. The molecule has 0 saturated heterocycles. The predicted octanol–water partition coefficient (Wildman–Crippen LogP) is 4.17. The second kappa shape index (κ2) is 6.33. The molecule has 2 nitrogen and oxygen atoms in total. The maximum absolute atomic E-state index is 12.8. The number of hydrogen-bond donors (Lipinski definition) is 2. The van der Waals surface area contributed by atoms with E-state index in [0.717, 1.165) is 26.8 Å². The zero-order chi connectivity index (χ0) is 15.6. The third-order valence-corrected chi connectivity index (χ3v) is 4.72. The van der Waals surface area contributed by atoms with Gasteiger partial charge < -0.3 is 0 Å². The van der Waals surface area contributed by atoms with Crippen LogP contribution in [-0.4, -0.2) is 0 Å². The van der Waals surface area contributed by atoms with E-state index in [-0.39, 0.29) is 0 Å². The minimum Gasteiger partial charge on any atom is -0.271 e. The molecule has 21 heavy (non-hydrogen) atoms. The number of aryl methyl sites for hydroxylation is 1. The molecule has 3 N–H and O–H groups in total. The molecule has 0 aliphatic heterocycles. The third kappa shape index (κ3) is 3.56. The molecule has 2 rings (SSSR count). The molecule has 0 bridgehead atoms. The summed E-state index contributed by atoms with van der Waals surface area (Å²) in [5.41, 5.74) is 4.33. The Hall–Kier alpha value is -1.12. The highest BCUT2D eigenvalue weighted by molar-refractivity contribution is 14.1. The van der Waals surface area contributed by atoms with Gasteiger partial charge in [0.05, 0.1) is 11.6 Å². The summed E-state index contributed by atoms with van der Waals surface area (Å²) >= 11 is 2.18. The minimum absolute atomic E-state index is 0.482. The van der Waals surface area contributed by atoms with Crippen molar-refractivity contribution in [1.29, 1.82) is 0 Å². The van der Waals surface area contributed by atoms with Gasteiger partial charge in [-0.05, 0) is 58.3 Å². The zero-order valence-electron chi connectivity index (χ0n) is 11.2. The second-order valence-electron chi connectivity index (χ2n) is 4.70. The largest absolute Gasteiger partial charge is 0.416 e. The Morgan fingerprint density at radius 1 is 1.14 bits per heavy atom. The highest BCUT2D eigenvalue weighted by Gasteiger charge is 2.31. The first-order valence-corrected chi connectivity index (χ1v) is 7.30. The van der Waals surface area contributed by atoms with Crippen LogP contribution in [0.3, 0.4) is 0 Å². The summed E-state index contributed by atoms with van der Waals surface area (Å²) in [5.74, 6) is 5.58. The van der Waals surface area contributed by atoms with Crippen molar-refractivity contribution < 1.29 is 13.2 Å². The summed E-state index contributed by atoms with van der Waals surface area (Å²) in [6.07, 6.45) is -4.37. The van der Waals surface area contributed by atoms with Gasteiger partial charge in [-0.25, -0.2) is 5.43 Å². The van der Waals surface area contributed by atoms with E-state index in [1.54, 1.807) is 6.07 Å². The molecule has 0 saturated carbocycles. The lowest BCUT2D eigenvalue weighted by Crippen LogP contribution is -2.29. The Morgan fingerprint density at radius 2 is 1.81 bits per heavy atom. The molecule has 0 spiro atoms. The van der Waals surface area contributed by atoms with Crippen molar-refractivity contribution in [1.82, 2.24) is 5.43 Å². The molecule has 112 valence electrons. The van der Waals surface area contributed by atoms with Gasteiger partial charge in [0, 0.05) is 3.57 Å². The smallest absolute Gasteiger partial charge is 0.271 e. The summed E-state index contributed by atoms with van der Waals surface area (Å²) in [6, 6.07) is 10.4. The summed E-state index contributed by atoms with van der Waals surface area (Å²) < 4.78 is 39.5. The highest BCUT2D eigenvalue weighted by Crippen LogP contribution is 2.33. The van der Waals surface area contributed by atoms with Crippen LogP contribution >= 0.6 is 22.6 Å². The van der Waals surface area contributed by atoms with Crippen LogP contribution in [0.15, 0.2) is 42.5 Å². The summed E-state index contributed by atoms with van der Waals surface area (Å²) in [4.78, 5) is 0. The summed E-state index contributed by atoms with van der Waals surface area (Å²) in [5, 5.41) is 0. The van der Waals surface area contributed by atoms with Crippen molar-refractivity contribution in [2.24, 2.45) is 5.84 Å². The minimum atomic E-state index is -4.37. The van der Waals surface area contributed by atoms with Gasteiger partial charge in [0.1, 0.15) is 0 Å². The molecule has 0 radical (unpaired) electrons. The van der Waals surface area contributed by atoms with Gasteiger partial charge in [0.25, 0.3) is 0 Å². The quantitative estimate of drug-likeness (QED) is 0.456. The van der Waals surface area contributed by atoms with E-state index >= 15 is 0 Å². The number of halogens is 4. The lowest BCUT2D eigenvalue weighted by Gasteiger charge is -2.20. The van der Waals surface area contributed by atoms with Crippen molar-refractivity contribution in [3.05, 3.63) is 68.3 Å². The zero-order valence-corrected chi connectivity index (χ0v) is 13.4. The lowest BCUT2D eigenvalue weighted by molar-refractivity contribution is -0.137. The average Bonchev–Trinajstić information content (AvgIpc) is 2.44. The Labute approximate surface area is 134 Å². The molecular weight excluding hydrogens is 392 g/mol. The fourth-order valence-corrected chi connectivity index (χ4v) is 2.82. The molecule has 1 atom stereocenters. The van der Waals surface area contributed by atoms with Gasteiger partial charge in [-0.15, -0.1) is 0 Å². The molecule has 0 aliphatic carbocycles. The van der Waals surface area contributed by atoms with Gasteiger partial charge >= 0.3 is 6.18 Å². The number of alkyl halides is 3. The van der Waals surface area contributed by atoms with Gasteiger partial charge in [-0.1, -0.05) is 30.3 Å². The Balaban J connectivity index is 2.49. The van der Waals surface area contributed by atoms with Crippen LogP contribution in [0.5, 0.6) is 0 Å². The predicted molar refractivity (Wildman–Crippen MR) is 84.5 cm³/mol. The van der Waals surface area contributed by atoms with Crippen molar-refractivity contribution >= 4 is 22.6 Å². The molecule has 6 heteroatoms. The van der Waals surface area contributed by atoms with Crippen LogP contribution < -0.4 is 11.3 Å². The van der Waals surface area contributed by atoms with Crippen LogP contribution in [0.1, 0.15) is 28.3 Å². The number of nitrogens with one attached hydrogen (secondary N) is 1. The molecule has 2 aromatic carbocycles. The van der Waals surface area contributed by atoms with Gasteiger partial charge in [0.2, 0.25) is 0 Å². The van der Waals surface area contributed by atoms with E-state index in [2.05, 4.69) is 28.0 Å². The van der Waals surface area contributed by atoms with E-state index in [0.29, 0.717) is 5.56 Å². The van der Waals surface area contributed by atoms with Crippen LogP contribution in [0, 0.1) is 10.5 Å². The molecule has 0 aliphatic rings. The van der Waals surface area contributed by atoms with E-state index in [1.165, 1.54) is 6.07 Å². The van der Waals surface area contributed by atoms with E-state index in [1.807, 2.05) is 25.1 Å². The Bertz CT molecular complexity index is 641. The highest BCUT2D eigenvalue weighted by atomic mass is 127. The lowest BCUT2D eigenvalue weighted by atomic mass is 9.96. The first-order chi connectivity index (χ1) is 9.84. The molecule has 1 unspecified atom stereocenters. The van der Waals surface area contributed by atoms with Gasteiger partial charge in [0.15, 0.2) is 0 Å². The van der Waals surface area contributed by atoms with Crippen molar-refractivity contribution in [3.8, 4) is 0 Å². The topological polar surface area (TPSA) is 38.0 Å². The van der Waals surface area contributed by atoms with Crippen LogP contribution in [0.2, 0.25) is 0 Å². The monoisotopic (exact) mass is 406 g/mol. The van der Waals surface area contributed by atoms with Crippen molar-refractivity contribution in [3.63, 3.8) is 0 Å². The van der Waals surface area contributed by atoms with Crippen LogP contribution in [0.25, 0.3) is 0 Å². The SMILES string of the molecule is Cc1cccc(C(NN)c2cccc(C(F)(F)F)c2)c1I. The second-order valence-corrected chi connectivity index (χ2v) is 5.78. The van der Waals surface area contributed by atoms with Crippen molar-refractivity contribution in [2.45, 2.75) is 19.1 Å². The Kier molecular flexibility index (Phi) is 4.90. The van der Waals surface area contributed by atoms with E-state index in [4.69, 9.17) is 5.84 Å². The fourth-order valence-electron chi connectivity index (χ4n) is 2.15. The Morgan fingerprint density at radius 3 is 2.43 bits per heavy atom. The normalized spacial score (nSPS) is 13.2. The standard InChI is InChI=1S/C15H14F3IN2/c1-9-4-2-7-12(13(9)19)14(21-20)10-5-3-6-11(8-10)15(16,17)18/h2-8,14,21H,20H2,1H3. The van der Waals surface area contributed by atoms with Crippen molar-refractivity contribution in [2.75, 3.05) is 0 Å². The van der Waals surface area contributed by atoms with Gasteiger partial charge in [-0.3, -0.25) is 5.84 Å². The number of benzene rings is 2. The first-order valence-electron chi connectivity index (χ1n) is 6.23. The molecule has 0 aromatic heterocycles. The molecule has 0 heterocycles. The summed E-state index contributed by atoms with van der Waals surface area (Å²) in [7, 11) is 0. The van der Waals surface area contributed by atoms with Gasteiger partial charge in [-0.2, -0.15) is 13.2 Å². The molecule has 2 aromatic rings. The van der Waals surface area contributed by atoms with Crippen LogP contribution in [-0.2, 0) is 6.18 Å². The van der Waals surface area contributed by atoms with E-state index < -0.39 is 17.8 Å². The third-order valence-electron chi connectivity index (χ3n) is 3.25. The van der Waals surface area contributed by atoms with Crippen LogP contribution in [0.4, 0.5) is 13.2 Å². The fraction of sp³-hybridized carbons (Fsp3) is 0.200. The molecular formula is C15H14F3IN2. The maximum Gasteiger partial charge on any atom is 0.416 e. The number of rotatable bonds is 3. The summed E-state index contributed by atoms with van der Waals surface area (Å²) in [6.45, 7) is 1.95. The number of hydrogen-bond acceptors (Lipinski definition) is 2.